The first-order valence-corrected chi connectivity index (χ1v) is 4.67. The fraction of sp³-hybridized carbons (Fsp3) is 0.375. The predicted octanol–water partition coefficient (Wildman–Crippen LogP) is 0.971. The Kier molecular flexibility index (Phi) is 2.36. The first-order chi connectivity index (χ1) is 7.13. The lowest BCUT2D eigenvalue weighted by atomic mass is 10.5. The van der Waals surface area contributed by atoms with E-state index in [9.17, 15) is 0 Å². The monoisotopic (exact) mass is 227 g/mol. The van der Waals surface area contributed by atoms with Crippen LogP contribution >= 0.6 is 11.6 Å². The Hall–Kier alpha value is -1.56. The molecule has 80 valence electrons. The van der Waals surface area contributed by atoms with Gasteiger partial charge in [-0.05, 0) is 18.5 Å². The highest BCUT2D eigenvalue weighted by atomic mass is 35.5. The van der Waals surface area contributed by atoms with Crippen molar-refractivity contribution < 1.29 is 4.74 Å². The molecule has 6 nitrogen and oxygen atoms in total. The molecule has 0 amide bonds. The molecule has 0 saturated heterocycles. The Balaban J connectivity index is 2.54. The highest BCUT2D eigenvalue weighted by Crippen LogP contribution is 2.19. The molecule has 2 heterocycles. The van der Waals surface area contributed by atoms with Crippen LogP contribution in [0, 0.1) is 6.92 Å². The summed E-state index contributed by atoms with van der Waals surface area (Å²) >= 11 is 5.88. The lowest BCUT2D eigenvalue weighted by Crippen LogP contribution is -2.00. The molecule has 7 heteroatoms. The van der Waals surface area contributed by atoms with Gasteiger partial charge in [0.1, 0.15) is 5.82 Å². The zero-order chi connectivity index (χ0) is 11.0. The molecule has 2 rings (SSSR count). The number of methoxy groups -OCH3 is 1. The molecular weight excluding hydrogens is 218 g/mol. The van der Waals surface area contributed by atoms with Gasteiger partial charge in [-0.1, -0.05) is 0 Å². The van der Waals surface area contributed by atoms with Crippen LogP contribution in [0.5, 0.6) is 5.88 Å². The van der Waals surface area contributed by atoms with E-state index in [1.807, 2.05) is 0 Å². The third-order valence-electron chi connectivity index (χ3n) is 2.05. The van der Waals surface area contributed by atoms with Crippen molar-refractivity contribution >= 4 is 11.6 Å². The zero-order valence-corrected chi connectivity index (χ0v) is 9.36. The van der Waals surface area contributed by atoms with Crippen molar-refractivity contribution in [3.05, 3.63) is 17.2 Å². The van der Waals surface area contributed by atoms with Gasteiger partial charge in [-0.2, -0.15) is 5.10 Å². The van der Waals surface area contributed by atoms with Crippen LogP contribution in [0.15, 0.2) is 6.07 Å². The topological polar surface area (TPSA) is 57.8 Å². The third kappa shape index (κ3) is 1.56. The van der Waals surface area contributed by atoms with Crippen LogP contribution in [0.2, 0.25) is 5.28 Å². The summed E-state index contributed by atoms with van der Waals surface area (Å²) in [5.74, 6) is 1.97. The normalized spacial score (nSPS) is 10.7. The molecule has 15 heavy (non-hydrogen) atoms. The van der Waals surface area contributed by atoms with Crippen molar-refractivity contribution in [1.29, 1.82) is 0 Å². The van der Waals surface area contributed by atoms with Crippen LogP contribution in [0.3, 0.4) is 0 Å². The summed E-state index contributed by atoms with van der Waals surface area (Å²) in [6.45, 7) is 1.81. The molecule has 0 saturated carbocycles. The molecule has 0 radical (unpaired) electrons. The quantitative estimate of drug-likeness (QED) is 0.767. The van der Waals surface area contributed by atoms with Crippen LogP contribution in [-0.2, 0) is 7.05 Å². The Morgan fingerprint density at radius 2 is 2.13 bits per heavy atom. The van der Waals surface area contributed by atoms with Gasteiger partial charge in [0.2, 0.25) is 11.2 Å². The average Bonchev–Trinajstić information content (AvgIpc) is 2.70. The van der Waals surface area contributed by atoms with Crippen LogP contribution in [0.25, 0.3) is 5.82 Å². The van der Waals surface area contributed by atoms with Crippen molar-refractivity contribution in [1.82, 2.24) is 24.5 Å². The van der Waals surface area contributed by atoms with Crippen LogP contribution in [0.4, 0.5) is 0 Å². The zero-order valence-electron chi connectivity index (χ0n) is 8.60. The summed E-state index contributed by atoms with van der Waals surface area (Å²) < 4.78 is 8.37. The minimum Gasteiger partial charge on any atom is -0.481 e. The third-order valence-corrected chi connectivity index (χ3v) is 2.29. The number of aryl methyl sites for hydroxylation is 2. The standard InChI is InChI=1S/C8H10ClN5O/c1-5-10-11-8(9)14(5)6-4-7(15-3)13(2)12-6/h4H,1-3H3. The number of rotatable bonds is 2. The molecule has 2 aromatic rings. The van der Waals surface area contributed by atoms with Gasteiger partial charge in [0.25, 0.3) is 0 Å². The van der Waals surface area contributed by atoms with E-state index in [2.05, 4.69) is 15.3 Å². The molecule has 2 aromatic heterocycles. The Labute approximate surface area is 91.4 Å². The molecule has 0 unspecified atom stereocenters. The van der Waals surface area contributed by atoms with Crippen LogP contribution in [0.1, 0.15) is 5.82 Å². The van der Waals surface area contributed by atoms with E-state index in [1.54, 1.807) is 36.4 Å². The van der Waals surface area contributed by atoms with Crippen LogP contribution in [-0.4, -0.2) is 31.7 Å². The number of aromatic nitrogens is 5. The minimum atomic E-state index is 0.285. The van der Waals surface area contributed by atoms with Crippen molar-refractivity contribution in [2.24, 2.45) is 7.05 Å². The molecule has 0 bridgehead atoms. The smallest absolute Gasteiger partial charge is 0.230 e. The van der Waals surface area contributed by atoms with Crippen LogP contribution < -0.4 is 4.74 Å². The lowest BCUT2D eigenvalue weighted by molar-refractivity contribution is 0.373. The van der Waals surface area contributed by atoms with E-state index < -0.39 is 0 Å². The first kappa shape index (κ1) is 9.97. The van der Waals surface area contributed by atoms with E-state index in [-0.39, 0.29) is 5.28 Å². The molecule has 0 N–H and O–H groups in total. The molecule has 0 aliphatic carbocycles. The number of hydrogen-bond acceptors (Lipinski definition) is 4. The van der Waals surface area contributed by atoms with E-state index >= 15 is 0 Å². The molecule has 0 spiro atoms. The maximum atomic E-state index is 5.88. The van der Waals surface area contributed by atoms with Gasteiger partial charge in [0, 0.05) is 13.1 Å². The maximum absolute atomic E-state index is 5.88. The van der Waals surface area contributed by atoms with Crippen molar-refractivity contribution in [2.45, 2.75) is 6.92 Å². The Morgan fingerprint density at radius 1 is 1.40 bits per heavy atom. The fourth-order valence-electron chi connectivity index (χ4n) is 1.33. The summed E-state index contributed by atoms with van der Waals surface area (Å²) in [5.41, 5.74) is 0. The van der Waals surface area contributed by atoms with Gasteiger partial charge in [-0.3, -0.25) is 4.57 Å². The summed E-state index contributed by atoms with van der Waals surface area (Å²) in [6, 6.07) is 1.77. The second-order valence-electron chi connectivity index (χ2n) is 3.02. The van der Waals surface area contributed by atoms with Gasteiger partial charge in [-0.15, -0.1) is 10.2 Å². The molecule has 0 fully saturated rings. The maximum Gasteiger partial charge on any atom is 0.230 e. The van der Waals surface area contributed by atoms with Crippen molar-refractivity contribution in [3.63, 3.8) is 0 Å². The Morgan fingerprint density at radius 3 is 2.60 bits per heavy atom. The summed E-state index contributed by atoms with van der Waals surface area (Å²) in [5, 5.41) is 12.1. The molecule has 0 aromatic carbocycles. The summed E-state index contributed by atoms with van der Waals surface area (Å²) in [4.78, 5) is 0. The minimum absolute atomic E-state index is 0.285. The van der Waals surface area contributed by atoms with E-state index in [0.29, 0.717) is 17.5 Å². The van der Waals surface area contributed by atoms with E-state index in [4.69, 9.17) is 16.3 Å². The highest BCUT2D eigenvalue weighted by molar-refractivity contribution is 6.28. The van der Waals surface area contributed by atoms with E-state index in [0.717, 1.165) is 0 Å². The number of hydrogen-bond donors (Lipinski definition) is 0. The number of halogens is 1. The average molecular weight is 228 g/mol. The second-order valence-corrected chi connectivity index (χ2v) is 3.36. The fourth-order valence-corrected chi connectivity index (χ4v) is 1.58. The number of ether oxygens (including phenoxy) is 1. The SMILES string of the molecule is COc1cc(-n2c(C)nnc2Cl)nn1C. The van der Waals surface area contributed by atoms with E-state index in [1.165, 1.54) is 0 Å². The Bertz CT molecular complexity index is 470. The van der Waals surface area contributed by atoms with Gasteiger partial charge in [0.05, 0.1) is 7.11 Å². The largest absolute Gasteiger partial charge is 0.481 e. The van der Waals surface area contributed by atoms with Gasteiger partial charge in [0.15, 0.2) is 5.82 Å². The number of nitrogens with zero attached hydrogens (tertiary/aromatic N) is 5. The summed E-state index contributed by atoms with van der Waals surface area (Å²) in [6.07, 6.45) is 0. The summed E-state index contributed by atoms with van der Waals surface area (Å²) in [7, 11) is 3.37. The second kappa shape index (κ2) is 3.54. The predicted molar refractivity (Wildman–Crippen MR) is 54.4 cm³/mol. The molecule has 0 atom stereocenters. The molecular formula is C8H10ClN5O. The first-order valence-electron chi connectivity index (χ1n) is 4.29. The van der Waals surface area contributed by atoms with Gasteiger partial charge in [-0.25, -0.2) is 4.68 Å². The molecule has 0 aliphatic heterocycles. The lowest BCUT2D eigenvalue weighted by Gasteiger charge is -1.98. The molecule has 0 aliphatic rings. The van der Waals surface area contributed by atoms with Crippen molar-refractivity contribution in [3.8, 4) is 11.7 Å². The van der Waals surface area contributed by atoms with Crippen molar-refractivity contribution in [2.75, 3.05) is 7.11 Å². The highest BCUT2D eigenvalue weighted by Gasteiger charge is 2.13. The van der Waals surface area contributed by atoms with Gasteiger partial charge < -0.3 is 4.74 Å². The van der Waals surface area contributed by atoms with Gasteiger partial charge >= 0.3 is 0 Å².